The van der Waals surface area contributed by atoms with Gasteiger partial charge in [0.1, 0.15) is 17.6 Å². The third-order valence-corrected chi connectivity index (χ3v) is 3.04. The Morgan fingerprint density at radius 2 is 1.90 bits per heavy atom. The minimum Gasteiger partial charge on any atom is -0.455 e. The van der Waals surface area contributed by atoms with E-state index in [9.17, 15) is 4.79 Å². The second-order valence-corrected chi connectivity index (χ2v) is 4.57. The van der Waals surface area contributed by atoms with E-state index in [-0.39, 0.29) is 0 Å². The van der Waals surface area contributed by atoms with Crippen molar-refractivity contribution in [1.29, 1.82) is 0 Å². The first-order chi connectivity index (χ1) is 9.76. The summed E-state index contributed by atoms with van der Waals surface area (Å²) >= 11 is 0. The summed E-state index contributed by atoms with van der Waals surface area (Å²) in [5, 5.41) is 1.03. The van der Waals surface area contributed by atoms with Gasteiger partial charge in [-0.15, -0.1) is 0 Å². The van der Waals surface area contributed by atoms with E-state index < -0.39 is 0 Å². The van der Waals surface area contributed by atoms with E-state index in [0.717, 1.165) is 22.9 Å². The van der Waals surface area contributed by atoms with Crippen LogP contribution in [0.25, 0.3) is 10.9 Å². The monoisotopic (exact) mass is 263 g/mol. The normalized spacial score (nSPS) is 10.4. The first-order valence-electron chi connectivity index (χ1n) is 6.36. The minimum atomic E-state index is 0.590. The second kappa shape index (κ2) is 5.13. The molecule has 0 N–H and O–H groups in total. The number of nitrogens with zero attached hydrogens (tertiary/aromatic N) is 1. The van der Waals surface area contributed by atoms with Crippen molar-refractivity contribution in [3.63, 3.8) is 0 Å². The van der Waals surface area contributed by atoms with Crippen LogP contribution >= 0.6 is 0 Å². The van der Waals surface area contributed by atoms with Crippen LogP contribution in [0.1, 0.15) is 16.1 Å². The molecule has 0 aliphatic rings. The summed E-state index contributed by atoms with van der Waals surface area (Å²) in [6, 6.07) is 16.9. The topological polar surface area (TPSA) is 39.2 Å². The average molecular weight is 263 g/mol. The molecule has 1 aromatic heterocycles. The van der Waals surface area contributed by atoms with Crippen molar-refractivity contribution in [3.8, 4) is 11.5 Å². The highest BCUT2D eigenvalue weighted by molar-refractivity contribution is 5.85. The maximum absolute atomic E-state index is 10.8. The van der Waals surface area contributed by atoms with Crippen LogP contribution in [-0.2, 0) is 0 Å². The lowest BCUT2D eigenvalue weighted by Gasteiger charge is -2.09. The van der Waals surface area contributed by atoms with Crippen LogP contribution in [-0.4, -0.2) is 11.3 Å². The van der Waals surface area contributed by atoms with Crippen LogP contribution in [0.3, 0.4) is 0 Å². The fraction of sp³-hybridized carbons (Fsp3) is 0.0588. The van der Waals surface area contributed by atoms with Crippen LogP contribution in [0.15, 0.2) is 54.6 Å². The average Bonchev–Trinajstić information content (AvgIpc) is 2.48. The number of pyridine rings is 1. The third kappa shape index (κ3) is 2.38. The molecule has 20 heavy (non-hydrogen) atoms. The van der Waals surface area contributed by atoms with Crippen molar-refractivity contribution in [2.45, 2.75) is 6.92 Å². The largest absolute Gasteiger partial charge is 0.455 e. The number of carbonyl (C=O) groups excluding carboxylic acids is 1. The Balaban J connectivity index is 2.05. The summed E-state index contributed by atoms with van der Waals surface area (Å²) in [6.07, 6.45) is 0.804. The molecule has 0 aliphatic carbocycles. The van der Waals surface area contributed by atoms with Gasteiger partial charge in [-0.2, -0.15) is 0 Å². The minimum absolute atomic E-state index is 0.590. The van der Waals surface area contributed by atoms with E-state index >= 15 is 0 Å². The zero-order valence-corrected chi connectivity index (χ0v) is 11.0. The van der Waals surface area contributed by atoms with Crippen molar-refractivity contribution >= 4 is 17.2 Å². The molecule has 0 saturated heterocycles. The van der Waals surface area contributed by atoms with Crippen LogP contribution in [0.5, 0.6) is 11.5 Å². The lowest BCUT2D eigenvalue weighted by molar-refractivity contribution is 0.112. The highest BCUT2D eigenvalue weighted by Gasteiger charge is 2.05. The molecule has 3 rings (SSSR count). The van der Waals surface area contributed by atoms with Crippen molar-refractivity contribution in [2.75, 3.05) is 0 Å². The Morgan fingerprint density at radius 1 is 1.05 bits per heavy atom. The summed E-state index contributed by atoms with van der Waals surface area (Å²) in [7, 11) is 0. The molecule has 0 atom stereocenters. The van der Waals surface area contributed by atoms with Gasteiger partial charge in [0.25, 0.3) is 0 Å². The Labute approximate surface area is 116 Å². The number of carbonyl (C=O) groups is 1. The van der Waals surface area contributed by atoms with Crippen LogP contribution in [0, 0.1) is 6.92 Å². The Bertz CT molecular complexity index is 781. The first kappa shape index (κ1) is 12.4. The number of aryl methyl sites for hydroxylation is 1. The van der Waals surface area contributed by atoms with E-state index in [0.29, 0.717) is 17.1 Å². The maximum atomic E-state index is 10.8. The van der Waals surface area contributed by atoms with Crippen molar-refractivity contribution < 1.29 is 9.53 Å². The molecule has 1 heterocycles. The molecule has 0 fully saturated rings. The standard InChI is InChI=1S/C17H13NO2/c1-12-8-9-14-5-3-7-16(17(14)18-12)20-15-6-2-4-13(10-15)11-19/h2-11H,1H3. The van der Waals surface area contributed by atoms with Gasteiger partial charge in [-0.1, -0.05) is 30.3 Å². The zero-order valence-electron chi connectivity index (χ0n) is 11.0. The first-order valence-corrected chi connectivity index (χ1v) is 6.36. The van der Waals surface area contributed by atoms with Gasteiger partial charge in [-0.25, -0.2) is 4.98 Å². The van der Waals surface area contributed by atoms with E-state index in [1.807, 2.05) is 43.3 Å². The predicted octanol–water partition coefficient (Wildman–Crippen LogP) is 4.15. The summed E-state index contributed by atoms with van der Waals surface area (Å²) in [6.45, 7) is 1.95. The number of hydrogen-bond donors (Lipinski definition) is 0. The lowest BCUT2D eigenvalue weighted by Crippen LogP contribution is -1.90. The summed E-state index contributed by atoms with van der Waals surface area (Å²) in [5.41, 5.74) is 2.35. The molecule has 3 nitrogen and oxygen atoms in total. The molecule has 0 bridgehead atoms. The molecule has 3 heteroatoms. The van der Waals surface area contributed by atoms with Gasteiger partial charge in [-0.3, -0.25) is 4.79 Å². The number of hydrogen-bond acceptors (Lipinski definition) is 3. The lowest BCUT2D eigenvalue weighted by atomic mass is 10.2. The van der Waals surface area contributed by atoms with Gasteiger partial charge in [0, 0.05) is 16.6 Å². The zero-order chi connectivity index (χ0) is 13.9. The number of fused-ring (bicyclic) bond motifs is 1. The van der Waals surface area contributed by atoms with E-state index in [4.69, 9.17) is 4.74 Å². The van der Waals surface area contributed by atoms with Gasteiger partial charge in [0.05, 0.1) is 0 Å². The number of aromatic nitrogens is 1. The third-order valence-electron chi connectivity index (χ3n) is 3.04. The number of benzene rings is 2. The summed E-state index contributed by atoms with van der Waals surface area (Å²) in [5.74, 6) is 1.32. The molecule has 98 valence electrons. The van der Waals surface area contributed by atoms with Crippen LogP contribution in [0.4, 0.5) is 0 Å². The van der Waals surface area contributed by atoms with E-state index in [1.165, 1.54) is 0 Å². The van der Waals surface area contributed by atoms with Gasteiger partial charge in [0.15, 0.2) is 5.75 Å². The van der Waals surface area contributed by atoms with E-state index in [1.54, 1.807) is 18.2 Å². The smallest absolute Gasteiger partial charge is 0.153 e. The molecule has 0 aliphatic heterocycles. The summed E-state index contributed by atoms with van der Waals surface area (Å²) < 4.78 is 5.87. The van der Waals surface area contributed by atoms with Gasteiger partial charge >= 0.3 is 0 Å². The van der Waals surface area contributed by atoms with Gasteiger partial charge < -0.3 is 4.74 Å². The highest BCUT2D eigenvalue weighted by Crippen LogP contribution is 2.28. The fourth-order valence-electron chi connectivity index (χ4n) is 2.08. The number of para-hydroxylation sites is 1. The molecule has 3 aromatic rings. The molecule has 0 spiro atoms. The molecule has 0 amide bonds. The van der Waals surface area contributed by atoms with Gasteiger partial charge in [0.2, 0.25) is 0 Å². The summed E-state index contributed by atoms with van der Waals surface area (Å²) in [4.78, 5) is 15.3. The second-order valence-electron chi connectivity index (χ2n) is 4.57. The molecule has 0 saturated carbocycles. The highest BCUT2D eigenvalue weighted by atomic mass is 16.5. The quantitative estimate of drug-likeness (QED) is 0.666. The van der Waals surface area contributed by atoms with Crippen LogP contribution < -0.4 is 4.74 Å². The van der Waals surface area contributed by atoms with E-state index in [2.05, 4.69) is 4.98 Å². The fourth-order valence-corrected chi connectivity index (χ4v) is 2.08. The Hall–Kier alpha value is -2.68. The van der Waals surface area contributed by atoms with Gasteiger partial charge in [-0.05, 0) is 31.2 Å². The number of ether oxygens (including phenoxy) is 1. The maximum Gasteiger partial charge on any atom is 0.153 e. The molecule has 0 unspecified atom stereocenters. The predicted molar refractivity (Wildman–Crippen MR) is 78.4 cm³/mol. The number of aldehydes is 1. The van der Waals surface area contributed by atoms with Crippen LogP contribution in [0.2, 0.25) is 0 Å². The SMILES string of the molecule is Cc1ccc2cccc(Oc3cccc(C=O)c3)c2n1. The van der Waals surface area contributed by atoms with Crippen molar-refractivity contribution in [2.24, 2.45) is 0 Å². The number of rotatable bonds is 3. The van der Waals surface area contributed by atoms with Crippen molar-refractivity contribution in [1.82, 2.24) is 4.98 Å². The Kier molecular flexibility index (Phi) is 3.17. The molecule has 0 radical (unpaired) electrons. The molecular formula is C17H13NO2. The van der Waals surface area contributed by atoms with Crippen molar-refractivity contribution in [3.05, 3.63) is 65.9 Å². The molecule has 2 aromatic carbocycles. The Morgan fingerprint density at radius 3 is 2.75 bits per heavy atom. The molecular weight excluding hydrogens is 250 g/mol.